The molecule has 2 aliphatic rings. The third-order valence-electron chi connectivity index (χ3n) is 5.27. The minimum atomic E-state index is -1.62. The number of fused-ring (bicyclic) bond motifs is 1. The van der Waals surface area contributed by atoms with Gasteiger partial charge in [0.1, 0.15) is 11.3 Å². The lowest BCUT2D eigenvalue weighted by atomic mass is 9.88. The first-order chi connectivity index (χ1) is 10.4. The van der Waals surface area contributed by atoms with Crippen molar-refractivity contribution in [1.29, 1.82) is 10.5 Å². The molecule has 8 heteroatoms. The quantitative estimate of drug-likeness (QED) is 0.702. The molecule has 0 amide bonds. The molecule has 0 radical (unpaired) electrons. The lowest BCUT2D eigenvalue weighted by Gasteiger charge is -2.32. The average molecular weight is 308 g/mol. The van der Waals surface area contributed by atoms with E-state index in [2.05, 4.69) is 17.1 Å². The minimum absolute atomic E-state index is 0.0358. The third-order valence-corrected chi connectivity index (χ3v) is 5.27. The van der Waals surface area contributed by atoms with Gasteiger partial charge < -0.3 is 24.7 Å². The highest BCUT2D eigenvalue weighted by Crippen LogP contribution is 2.86. The van der Waals surface area contributed by atoms with E-state index in [4.69, 9.17) is 24.7 Å². The van der Waals surface area contributed by atoms with Gasteiger partial charge in [0, 0.05) is 40.3 Å². The molecule has 2 rings (SSSR count). The molecule has 2 N–H and O–H groups in total. The minimum Gasteiger partial charge on any atom is -0.386 e. The van der Waals surface area contributed by atoms with Crippen LogP contribution in [0.5, 0.6) is 0 Å². The van der Waals surface area contributed by atoms with Gasteiger partial charge in [-0.25, -0.2) is 4.99 Å². The first-order valence-electron chi connectivity index (χ1n) is 6.71. The topological polar surface area (TPSA) is 123 Å². The highest BCUT2D eigenvalue weighted by atomic mass is 16.7. The standard InChI is InChI=1S/C14H20N4O4/c1-11(6-9(19-2)20-3)12(7-15)10(17)18-14(21-4,22-5)13(11,12)8-16/h9H,6H2,1-5H3,(H2,17,18). The van der Waals surface area contributed by atoms with Crippen molar-refractivity contribution in [3.63, 3.8) is 0 Å². The largest absolute Gasteiger partial charge is 0.386 e. The smallest absolute Gasteiger partial charge is 0.292 e. The summed E-state index contributed by atoms with van der Waals surface area (Å²) in [4.78, 5) is 4.15. The number of nitrogens with zero attached hydrogens (tertiary/aromatic N) is 3. The zero-order valence-corrected chi connectivity index (χ0v) is 13.3. The molecule has 8 nitrogen and oxygen atoms in total. The van der Waals surface area contributed by atoms with Crippen LogP contribution in [-0.2, 0) is 18.9 Å². The van der Waals surface area contributed by atoms with Crippen LogP contribution in [0.1, 0.15) is 13.3 Å². The van der Waals surface area contributed by atoms with Crippen LogP contribution in [-0.4, -0.2) is 46.5 Å². The van der Waals surface area contributed by atoms with Crippen LogP contribution in [0.25, 0.3) is 0 Å². The molecule has 22 heavy (non-hydrogen) atoms. The van der Waals surface area contributed by atoms with E-state index in [1.807, 2.05) is 0 Å². The molecule has 1 aliphatic carbocycles. The summed E-state index contributed by atoms with van der Waals surface area (Å²) in [6, 6.07) is 4.37. The molecule has 1 saturated carbocycles. The van der Waals surface area contributed by atoms with Crippen molar-refractivity contribution < 1.29 is 18.9 Å². The maximum atomic E-state index is 9.90. The number of rotatable bonds is 6. The molecule has 1 aliphatic heterocycles. The highest BCUT2D eigenvalue weighted by Gasteiger charge is 2.99. The summed E-state index contributed by atoms with van der Waals surface area (Å²) in [7, 11) is 5.72. The monoisotopic (exact) mass is 308 g/mol. The second kappa shape index (κ2) is 4.90. The van der Waals surface area contributed by atoms with Crippen LogP contribution in [0.3, 0.4) is 0 Å². The van der Waals surface area contributed by atoms with E-state index >= 15 is 0 Å². The van der Waals surface area contributed by atoms with E-state index in [9.17, 15) is 10.5 Å². The number of amidine groups is 1. The van der Waals surface area contributed by atoms with Gasteiger partial charge in [0.05, 0.1) is 12.1 Å². The highest BCUT2D eigenvalue weighted by molar-refractivity contribution is 6.00. The molecule has 1 heterocycles. The van der Waals surface area contributed by atoms with E-state index in [0.717, 1.165) is 0 Å². The Labute approximate surface area is 129 Å². The van der Waals surface area contributed by atoms with Gasteiger partial charge in [0.2, 0.25) is 0 Å². The van der Waals surface area contributed by atoms with Crippen LogP contribution in [0.4, 0.5) is 0 Å². The fourth-order valence-corrected chi connectivity index (χ4v) is 4.10. The maximum Gasteiger partial charge on any atom is 0.292 e. The molecule has 0 aromatic heterocycles. The van der Waals surface area contributed by atoms with Crippen molar-refractivity contribution in [2.24, 2.45) is 27.0 Å². The Balaban J connectivity index is 2.63. The van der Waals surface area contributed by atoms with Crippen LogP contribution in [0.15, 0.2) is 4.99 Å². The Kier molecular flexibility index (Phi) is 3.71. The van der Waals surface area contributed by atoms with Crippen molar-refractivity contribution in [2.45, 2.75) is 25.5 Å². The SMILES string of the molecule is COC(CC1(C)C2(C#N)C(N)=NC(OC)(OC)C12C#N)OC. The first kappa shape index (κ1) is 16.7. The molecule has 0 aromatic rings. The number of hydrogen-bond donors (Lipinski definition) is 1. The Hall–Kier alpha value is -1.71. The van der Waals surface area contributed by atoms with Gasteiger partial charge in [0.15, 0.2) is 11.7 Å². The zero-order valence-electron chi connectivity index (χ0n) is 13.3. The van der Waals surface area contributed by atoms with Crippen LogP contribution in [0, 0.1) is 38.9 Å². The number of methoxy groups -OCH3 is 4. The predicted octanol–water partition coefficient (Wildman–Crippen LogP) is 0.353. The first-order valence-corrected chi connectivity index (χ1v) is 6.71. The third kappa shape index (κ3) is 1.32. The Morgan fingerprint density at radius 1 is 1.14 bits per heavy atom. The summed E-state index contributed by atoms with van der Waals surface area (Å²) in [6.07, 6.45) is -0.323. The summed E-state index contributed by atoms with van der Waals surface area (Å²) < 4.78 is 21.2. The maximum absolute atomic E-state index is 9.90. The Bertz CT molecular complexity index is 587. The van der Waals surface area contributed by atoms with E-state index in [-0.39, 0.29) is 12.3 Å². The second-order valence-corrected chi connectivity index (χ2v) is 5.65. The van der Waals surface area contributed by atoms with Gasteiger partial charge in [-0.15, -0.1) is 0 Å². The normalized spacial score (nSPS) is 38.1. The van der Waals surface area contributed by atoms with Gasteiger partial charge in [-0.1, -0.05) is 6.92 Å². The number of nitriles is 2. The number of nitrogens with two attached hydrogens (primary N) is 1. The van der Waals surface area contributed by atoms with E-state index in [1.54, 1.807) is 6.92 Å². The summed E-state index contributed by atoms with van der Waals surface area (Å²) in [5, 5.41) is 19.7. The van der Waals surface area contributed by atoms with Gasteiger partial charge in [-0.05, 0) is 0 Å². The fraction of sp³-hybridized carbons (Fsp3) is 0.786. The van der Waals surface area contributed by atoms with Gasteiger partial charge in [0.25, 0.3) is 5.91 Å². The van der Waals surface area contributed by atoms with Crippen molar-refractivity contribution >= 4 is 5.84 Å². The van der Waals surface area contributed by atoms with Crippen LogP contribution >= 0.6 is 0 Å². The summed E-state index contributed by atoms with van der Waals surface area (Å²) in [5.74, 6) is -1.59. The van der Waals surface area contributed by atoms with Gasteiger partial charge in [-0.2, -0.15) is 10.5 Å². The van der Waals surface area contributed by atoms with Crippen molar-refractivity contribution in [1.82, 2.24) is 0 Å². The zero-order chi connectivity index (χ0) is 16.8. The molecular formula is C14H20N4O4. The lowest BCUT2D eigenvalue weighted by molar-refractivity contribution is -0.239. The molecule has 0 saturated heterocycles. The van der Waals surface area contributed by atoms with E-state index in [1.165, 1.54) is 28.4 Å². The molecule has 0 spiro atoms. The second-order valence-electron chi connectivity index (χ2n) is 5.65. The van der Waals surface area contributed by atoms with Gasteiger partial charge in [-0.3, -0.25) is 0 Å². The molecular weight excluding hydrogens is 288 g/mol. The summed E-state index contributed by atoms with van der Waals surface area (Å²) >= 11 is 0. The number of hydrogen-bond acceptors (Lipinski definition) is 8. The van der Waals surface area contributed by atoms with Crippen molar-refractivity contribution in [2.75, 3.05) is 28.4 Å². The molecule has 3 atom stereocenters. The molecule has 0 aromatic carbocycles. The number of aliphatic imine (C=N–C) groups is 1. The number of ether oxygens (including phenoxy) is 4. The van der Waals surface area contributed by atoms with Crippen LogP contribution in [0.2, 0.25) is 0 Å². The Morgan fingerprint density at radius 3 is 2.05 bits per heavy atom. The van der Waals surface area contributed by atoms with E-state index in [0.29, 0.717) is 0 Å². The lowest BCUT2D eigenvalue weighted by Crippen LogP contribution is -2.44. The fourth-order valence-electron chi connectivity index (χ4n) is 4.10. The molecule has 3 unspecified atom stereocenters. The summed E-state index contributed by atoms with van der Waals surface area (Å²) in [6.45, 7) is 1.78. The Morgan fingerprint density at radius 2 is 1.68 bits per heavy atom. The summed E-state index contributed by atoms with van der Waals surface area (Å²) in [5.41, 5.74) is 2.45. The van der Waals surface area contributed by atoms with E-state index < -0.39 is 28.4 Å². The van der Waals surface area contributed by atoms with Crippen LogP contribution < -0.4 is 5.73 Å². The predicted molar refractivity (Wildman–Crippen MR) is 75.0 cm³/mol. The van der Waals surface area contributed by atoms with Crippen molar-refractivity contribution in [3.05, 3.63) is 0 Å². The van der Waals surface area contributed by atoms with Gasteiger partial charge >= 0.3 is 0 Å². The molecule has 1 fully saturated rings. The molecule has 0 bridgehead atoms. The molecule has 120 valence electrons. The average Bonchev–Trinajstić information content (AvgIpc) is 2.92. The van der Waals surface area contributed by atoms with Crippen molar-refractivity contribution in [3.8, 4) is 12.1 Å².